The standard InChI is InChI=1S/C12H22N2O4/c1-9(2)14(7-11(16)17)12(18)13-5-3-10(8-15)4-6-13/h9-10,15H,3-8H2,1-2H3,(H,16,17). The molecule has 1 aliphatic heterocycles. The normalized spacial score (nSPS) is 17.0. The Morgan fingerprint density at radius 3 is 2.28 bits per heavy atom. The molecule has 0 unspecified atom stereocenters. The van der Waals surface area contributed by atoms with E-state index in [2.05, 4.69) is 0 Å². The van der Waals surface area contributed by atoms with Crippen LogP contribution in [0.15, 0.2) is 0 Å². The third-order valence-electron chi connectivity index (χ3n) is 3.32. The highest BCUT2D eigenvalue weighted by molar-refractivity contribution is 5.80. The lowest BCUT2D eigenvalue weighted by molar-refractivity contribution is -0.138. The van der Waals surface area contributed by atoms with Crippen LogP contribution in [0.25, 0.3) is 0 Å². The van der Waals surface area contributed by atoms with Gasteiger partial charge in [0.1, 0.15) is 6.54 Å². The molecule has 1 rings (SSSR count). The number of carbonyl (C=O) groups excluding carboxylic acids is 1. The van der Waals surface area contributed by atoms with Crippen molar-refractivity contribution in [2.75, 3.05) is 26.2 Å². The predicted octanol–water partition coefficient (Wildman–Crippen LogP) is 0.606. The van der Waals surface area contributed by atoms with E-state index in [1.54, 1.807) is 18.7 Å². The molecule has 0 radical (unpaired) electrons. The number of carboxylic acid groups (broad SMARTS) is 1. The number of amides is 2. The third kappa shape index (κ3) is 3.87. The van der Waals surface area contributed by atoms with E-state index in [0.717, 1.165) is 12.8 Å². The number of hydrogen-bond donors (Lipinski definition) is 2. The summed E-state index contributed by atoms with van der Waals surface area (Å²) in [5, 5.41) is 17.9. The van der Waals surface area contributed by atoms with Crippen LogP contribution < -0.4 is 0 Å². The quantitative estimate of drug-likeness (QED) is 0.774. The van der Waals surface area contributed by atoms with Gasteiger partial charge in [0, 0.05) is 25.7 Å². The highest BCUT2D eigenvalue weighted by Gasteiger charge is 2.28. The molecule has 1 heterocycles. The van der Waals surface area contributed by atoms with Gasteiger partial charge in [0.25, 0.3) is 0 Å². The molecule has 0 spiro atoms. The molecule has 1 fully saturated rings. The molecular weight excluding hydrogens is 236 g/mol. The lowest BCUT2D eigenvalue weighted by atomic mass is 9.98. The lowest BCUT2D eigenvalue weighted by Gasteiger charge is -2.36. The molecule has 0 aromatic carbocycles. The topological polar surface area (TPSA) is 81.1 Å². The molecule has 6 nitrogen and oxygen atoms in total. The second kappa shape index (κ2) is 6.58. The number of rotatable bonds is 4. The molecule has 6 heteroatoms. The number of piperidine rings is 1. The maximum atomic E-state index is 12.2. The second-order valence-electron chi connectivity index (χ2n) is 5.01. The van der Waals surface area contributed by atoms with E-state index in [1.165, 1.54) is 4.90 Å². The summed E-state index contributed by atoms with van der Waals surface area (Å²) in [7, 11) is 0. The lowest BCUT2D eigenvalue weighted by Crippen LogP contribution is -2.50. The summed E-state index contributed by atoms with van der Waals surface area (Å²) >= 11 is 0. The zero-order valence-corrected chi connectivity index (χ0v) is 11.0. The maximum Gasteiger partial charge on any atom is 0.323 e. The monoisotopic (exact) mass is 258 g/mol. The van der Waals surface area contributed by atoms with E-state index < -0.39 is 5.97 Å². The number of aliphatic hydroxyl groups is 1. The van der Waals surface area contributed by atoms with Gasteiger partial charge in [-0.3, -0.25) is 4.79 Å². The van der Waals surface area contributed by atoms with Gasteiger partial charge < -0.3 is 20.0 Å². The Morgan fingerprint density at radius 1 is 1.33 bits per heavy atom. The van der Waals surface area contributed by atoms with Crippen molar-refractivity contribution in [2.24, 2.45) is 5.92 Å². The number of likely N-dealkylation sites (tertiary alicyclic amines) is 1. The van der Waals surface area contributed by atoms with Crippen molar-refractivity contribution in [3.05, 3.63) is 0 Å². The summed E-state index contributed by atoms with van der Waals surface area (Å²) in [6.45, 7) is 4.68. The van der Waals surface area contributed by atoms with Crippen LogP contribution in [0, 0.1) is 5.92 Å². The number of carbonyl (C=O) groups is 2. The van der Waals surface area contributed by atoms with Crippen molar-refractivity contribution in [1.82, 2.24) is 9.80 Å². The summed E-state index contributed by atoms with van der Waals surface area (Å²) in [5.41, 5.74) is 0. The Balaban J connectivity index is 2.58. The Labute approximate surface area is 107 Å². The Hall–Kier alpha value is -1.30. The Morgan fingerprint density at radius 2 is 1.89 bits per heavy atom. The molecule has 2 amide bonds. The van der Waals surface area contributed by atoms with E-state index in [4.69, 9.17) is 10.2 Å². The van der Waals surface area contributed by atoms with Gasteiger partial charge in [-0.2, -0.15) is 0 Å². The third-order valence-corrected chi connectivity index (χ3v) is 3.32. The van der Waals surface area contributed by atoms with Gasteiger partial charge in [0.05, 0.1) is 0 Å². The van der Waals surface area contributed by atoms with Crippen LogP contribution in [-0.4, -0.2) is 64.3 Å². The summed E-state index contributed by atoms with van der Waals surface area (Å²) < 4.78 is 0. The summed E-state index contributed by atoms with van der Waals surface area (Å²) in [6.07, 6.45) is 1.56. The summed E-state index contributed by atoms with van der Waals surface area (Å²) in [5.74, 6) is -0.733. The highest BCUT2D eigenvalue weighted by atomic mass is 16.4. The van der Waals surface area contributed by atoms with Crippen molar-refractivity contribution in [3.63, 3.8) is 0 Å². The second-order valence-corrected chi connectivity index (χ2v) is 5.01. The van der Waals surface area contributed by atoms with Gasteiger partial charge in [0.2, 0.25) is 0 Å². The number of hydrogen-bond acceptors (Lipinski definition) is 3. The maximum absolute atomic E-state index is 12.2. The van der Waals surface area contributed by atoms with Crippen molar-refractivity contribution in [3.8, 4) is 0 Å². The number of aliphatic hydroxyl groups excluding tert-OH is 1. The average Bonchev–Trinajstić information content (AvgIpc) is 2.34. The summed E-state index contributed by atoms with van der Waals surface area (Å²) in [6, 6.07) is -0.354. The van der Waals surface area contributed by atoms with Crippen molar-refractivity contribution < 1.29 is 19.8 Å². The van der Waals surface area contributed by atoms with Crippen LogP contribution in [0.3, 0.4) is 0 Å². The number of urea groups is 1. The Bertz CT molecular complexity index is 298. The van der Waals surface area contributed by atoms with Gasteiger partial charge >= 0.3 is 12.0 Å². The molecule has 0 aromatic rings. The molecule has 0 bridgehead atoms. The van der Waals surface area contributed by atoms with Gasteiger partial charge in [-0.1, -0.05) is 0 Å². The molecule has 0 aliphatic carbocycles. The van der Waals surface area contributed by atoms with E-state index in [9.17, 15) is 9.59 Å². The van der Waals surface area contributed by atoms with Crippen LogP contribution in [0.5, 0.6) is 0 Å². The van der Waals surface area contributed by atoms with Gasteiger partial charge in [-0.25, -0.2) is 4.79 Å². The number of aliphatic carboxylic acids is 1. The fourth-order valence-corrected chi connectivity index (χ4v) is 2.11. The van der Waals surface area contributed by atoms with Gasteiger partial charge in [-0.15, -0.1) is 0 Å². The van der Waals surface area contributed by atoms with Crippen molar-refractivity contribution in [1.29, 1.82) is 0 Å². The first kappa shape index (κ1) is 14.8. The van der Waals surface area contributed by atoms with E-state index in [1.807, 2.05) is 0 Å². The SMILES string of the molecule is CC(C)N(CC(=O)O)C(=O)N1CCC(CO)CC1. The van der Waals surface area contributed by atoms with E-state index in [-0.39, 0.29) is 31.1 Å². The van der Waals surface area contributed by atoms with E-state index in [0.29, 0.717) is 13.1 Å². The molecule has 1 saturated heterocycles. The fourth-order valence-electron chi connectivity index (χ4n) is 2.11. The van der Waals surface area contributed by atoms with Gasteiger partial charge in [-0.05, 0) is 32.6 Å². The van der Waals surface area contributed by atoms with Crippen molar-refractivity contribution in [2.45, 2.75) is 32.7 Å². The molecule has 0 atom stereocenters. The van der Waals surface area contributed by atoms with Crippen LogP contribution in [-0.2, 0) is 4.79 Å². The number of carboxylic acids is 1. The fraction of sp³-hybridized carbons (Fsp3) is 0.833. The molecule has 104 valence electrons. The minimum absolute atomic E-state index is 0.135. The first-order valence-electron chi connectivity index (χ1n) is 6.34. The van der Waals surface area contributed by atoms with Crippen molar-refractivity contribution >= 4 is 12.0 Å². The zero-order valence-electron chi connectivity index (χ0n) is 11.0. The average molecular weight is 258 g/mol. The van der Waals surface area contributed by atoms with Crippen LogP contribution in [0.2, 0.25) is 0 Å². The molecule has 0 saturated carbocycles. The largest absolute Gasteiger partial charge is 0.480 e. The number of nitrogens with zero attached hydrogens (tertiary/aromatic N) is 2. The van der Waals surface area contributed by atoms with Crippen LogP contribution in [0.4, 0.5) is 4.79 Å². The first-order valence-corrected chi connectivity index (χ1v) is 6.34. The molecule has 18 heavy (non-hydrogen) atoms. The molecule has 0 aromatic heterocycles. The summed E-state index contributed by atoms with van der Waals surface area (Å²) in [4.78, 5) is 26.0. The zero-order chi connectivity index (χ0) is 13.7. The highest BCUT2D eigenvalue weighted by Crippen LogP contribution is 2.18. The van der Waals surface area contributed by atoms with Crippen LogP contribution >= 0.6 is 0 Å². The molecule has 1 aliphatic rings. The Kier molecular flexibility index (Phi) is 5.40. The van der Waals surface area contributed by atoms with Crippen LogP contribution in [0.1, 0.15) is 26.7 Å². The minimum Gasteiger partial charge on any atom is -0.480 e. The van der Waals surface area contributed by atoms with Gasteiger partial charge in [0.15, 0.2) is 0 Å². The molecular formula is C12H22N2O4. The smallest absolute Gasteiger partial charge is 0.323 e. The first-order chi connectivity index (χ1) is 8.45. The molecule has 2 N–H and O–H groups in total. The minimum atomic E-state index is -0.998. The predicted molar refractivity (Wildman–Crippen MR) is 66.3 cm³/mol. The van der Waals surface area contributed by atoms with E-state index >= 15 is 0 Å².